The SMILES string of the molecule is Cl.OC1CN(CCCOCCc2ccc3sccc3c2)C1. The Bertz CT molecular complexity index is 554. The first-order valence-electron chi connectivity index (χ1n) is 7.25. The van der Waals surface area contributed by atoms with Gasteiger partial charge in [-0.05, 0) is 41.3 Å². The van der Waals surface area contributed by atoms with Gasteiger partial charge < -0.3 is 9.84 Å². The van der Waals surface area contributed by atoms with Crippen LogP contribution in [0.15, 0.2) is 29.6 Å². The summed E-state index contributed by atoms with van der Waals surface area (Å²) in [6.45, 7) is 4.31. The second-order valence-electron chi connectivity index (χ2n) is 5.42. The number of likely N-dealkylation sites (tertiary alicyclic amines) is 1. The summed E-state index contributed by atoms with van der Waals surface area (Å²) in [5.41, 5.74) is 1.35. The standard InChI is InChI=1S/C16H21NO2S.ClH/c18-15-11-17(12-15)6-1-7-19-8-4-13-2-3-16-14(10-13)5-9-20-16;/h2-3,5,9-10,15,18H,1,4,6-8,11-12H2;1H. The van der Waals surface area contributed by atoms with Crippen molar-refractivity contribution < 1.29 is 9.84 Å². The fraction of sp³-hybridized carbons (Fsp3) is 0.500. The molecule has 116 valence electrons. The van der Waals surface area contributed by atoms with E-state index in [4.69, 9.17) is 4.74 Å². The van der Waals surface area contributed by atoms with Gasteiger partial charge in [0.05, 0.1) is 12.7 Å². The zero-order valence-electron chi connectivity index (χ0n) is 12.0. The molecule has 21 heavy (non-hydrogen) atoms. The van der Waals surface area contributed by atoms with E-state index in [2.05, 4.69) is 34.5 Å². The van der Waals surface area contributed by atoms with Gasteiger partial charge in [-0.1, -0.05) is 12.1 Å². The number of nitrogens with zero attached hydrogens (tertiary/aromatic N) is 1. The van der Waals surface area contributed by atoms with Crippen LogP contribution in [0.1, 0.15) is 12.0 Å². The number of fused-ring (bicyclic) bond motifs is 1. The molecule has 0 saturated carbocycles. The third-order valence-electron chi connectivity index (χ3n) is 3.75. The minimum Gasteiger partial charge on any atom is -0.390 e. The molecule has 1 aromatic carbocycles. The molecule has 2 aromatic rings. The summed E-state index contributed by atoms with van der Waals surface area (Å²) in [4.78, 5) is 2.26. The highest BCUT2D eigenvalue weighted by Crippen LogP contribution is 2.21. The topological polar surface area (TPSA) is 32.7 Å². The summed E-state index contributed by atoms with van der Waals surface area (Å²) >= 11 is 1.79. The van der Waals surface area contributed by atoms with Gasteiger partial charge in [-0.2, -0.15) is 0 Å². The number of rotatable bonds is 7. The van der Waals surface area contributed by atoms with E-state index in [0.717, 1.165) is 45.7 Å². The van der Waals surface area contributed by atoms with Gasteiger partial charge in [-0.25, -0.2) is 0 Å². The minimum atomic E-state index is -0.0945. The van der Waals surface area contributed by atoms with Gasteiger partial charge >= 0.3 is 0 Å². The van der Waals surface area contributed by atoms with Crippen molar-refractivity contribution in [1.82, 2.24) is 4.90 Å². The summed E-state index contributed by atoms with van der Waals surface area (Å²) in [6.07, 6.45) is 1.94. The predicted octanol–water partition coefficient (Wildman–Crippen LogP) is 2.95. The Balaban J connectivity index is 0.00000161. The summed E-state index contributed by atoms with van der Waals surface area (Å²) in [7, 11) is 0. The van der Waals surface area contributed by atoms with Crippen LogP contribution >= 0.6 is 23.7 Å². The third-order valence-corrected chi connectivity index (χ3v) is 4.65. The number of benzene rings is 1. The average Bonchev–Trinajstić information content (AvgIpc) is 2.87. The Labute approximate surface area is 135 Å². The first kappa shape index (κ1) is 16.7. The second kappa shape index (κ2) is 8.11. The van der Waals surface area contributed by atoms with Crippen LogP contribution in [0.2, 0.25) is 0 Å². The van der Waals surface area contributed by atoms with Crippen molar-refractivity contribution in [3.8, 4) is 0 Å². The molecule has 3 rings (SSSR count). The van der Waals surface area contributed by atoms with Crippen molar-refractivity contribution >= 4 is 33.8 Å². The number of aliphatic hydroxyl groups is 1. The Kier molecular flexibility index (Phi) is 6.45. The Morgan fingerprint density at radius 1 is 1.24 bits per heavy atom. The molecule has 0 bridgehead atoms. The second-order valence-corrected chi connectivity index (χ2v) is 6.37. The number of hydrogen-bond donors (Lipinski definition) is 1. The molecule has 1 fully saturated rings. The zero-order chi connectivity index (χ0) is 13.8. The number of ether oxygens (including phenoxy) is 1. The van der Waals surface area contributed by atoms with Gasteiger partial charge in [0.2, 0.25) is 0 Å². The van der Waals surface area contributed by atoms with Crippen molar-refractivity contribution in [2.75, 3.05) is 32.8 Å². The summed E-state index contributed by atoms with van der Waals surface area (Å²) in [5, 5.41) is 12.6. The number of halogens is 1. The fourth-order valence-electron chi connectivity index (χ4n) is 2.58. The smallest absolute Gasteiger partial charge is 0.0793 e. The van der Waals surface area contributed by atoms with E-state index in [1.807, 2.05) is 0 Å². The first-order chi connectivity index (χ1) is 9.81. The molecule has 0 aliphatic carbocycles. The van der Waals surface area contributed by atoms with Crippen LogP contribution < -0.4 is 0 Å². The van der Waals surface area contributed by atoms with Crippen molar-refractivity contribution in [3.63, 3.8) is 0 Å². The monoisotopic (exact) mass is 327 g/mol. The number of β-amino-alcohol motifs (C(OH)–C–C–N with tert-alkyl or cyclic N) is 1. The van der Waals surface area contributed by atoms with Gasteiger partial charge in [-0.15, -0.1) is 23.7 Å². The lowest BCUT2D eigenvalue weighted by molar-refractivity contribution is -0.00305. The van der Waals surface area contributed by atoms with E-state index in [-0.39, 0.29) is 18.5 Å². The largest absolute Gasteiger partial charge is 0.390 e. The van der Waals surface area contributed by atoms with Gasteiger partial charge in [0.25, 0.3) is 0 Å². The zero-order valence-corrected chi connectivity index (χ0v) is 13.7. The Hall–Kier alpha value is -0.650. The summed E-state index contributed by atoms with van der Waals surface area (Å²) in [6, 6.07) is 8.83. The molecule has 1 saturated heterocycles. The van der Waals surface area contributed by atoms with Crippen molar-refractivity contribution in [1.29, 1.82) is 0 Å². The maximum Gasteiger partial charge on any atom is 0.0793 e. The summed E-state index contributed by atoms with van der Waals surface area (Å²) < 4.78 is 7.04. The first-order valence-corrected chi connectivity index (χ1v) is 8.13. The molecular weight excluding hydrogens is 306 g/mol. The Morgan fingerprint density at radius 2 is 2.10 bits per heavy atom. The highest BCUT2D eigenvalue weighted by atomic mass is 35.5. The summed E-state index contributed by atoms with van der Waals surface area (Å²) in [5.74, 6) is 0. The molecule has 1 aliphatic rings. The van der Waals surface area contributed by atoms with Gasteiger partial charge in [0.1, 0.15) is 0 Å². The van der Waals surface area contributed by atoms with Crippen LogP contribution in [0, 0.1) is 0 Å². The predicted molar refractivity (Wildman–Crippen MR) is 90.7 cm³/mol. The van der Waals surface area contributed by atoms with E-state index in [9.17, 15) is 5.11 Å². The molecule has 2 heterocycles. The Morgan fingerprint density at radius 3 is 2.90 bits per heavy atom. The van der Waals surface area contributed by atoms with E-state index in [0.29, 0.717) is 0 Å². The minimum absolute atomic E-state index is 0. The fourth-order valence-corrected chi connectivity index (χ4v) is 3.35. The molecule has 0 spiro atoms. The van der Waals surface area contributed by atoms with Crippen LogP contribution in [-0.4, -0.2) is 49.0 Å². The maximum atomic E-state index is 9.17. The quantitative estimate of drug-likeness (QED) is 0.794. The number of thiophene rings is 1. The normalized spacial score (nSPS) is 15.9. The number of aliphatic hydroxyl groups excluding tert-OH is 1. The van der Waals surface area contributed by atoms with Crippen molar-refractivity contribution in [2.45, 2.75) is 18.9 Å². The average molecular weight is 328 g/mol. The van der Waals surface area contributed by atoms with E-state index in [1.165, 1.54) is 15.6 Å². The molecule has 5 heteroatoms. The lowest BCUT2D eigenvalue weighted by Crippen LogP contribution is -2.50. The lowest BCUT2D eigenvalue weighted by atomic mass is 10.1. The van der Waals surface area contributed by atoms with Crippen molar-refractivity contribution in [2.24, 2.45) is 0 Å². The molecule has 0 unspecified atom stereocenters. The molecule has 3 nitrogen and oxygen atoms in total. The molecule has 1 aliphatic heterocycles. The number of hydrogen-bond acceptors (Lipinski definition) is 4. The third kappa shape index (κ3) is 4.66. The van der Waals surface area contributed by atoms with Crippen LogP contribution in [-0.2, 0) is 11.2 Å². The molecule has 1 aromatic heterocycles. The van der Waals surface area contributed by atoms with Crippen LogP contribution in [0.4, 0.5) is 0 Å². The highest BCUT2D eigenvalue weighted by molar-refractivity contribution is 7.17. The van der Waals surface area contributed by atoms with Gasteiger partial charge in [0, 0.05) is 30.9 Å². The van der Waals surface area contributed by atoms with E-state index in [1.54, 1.807) is 11.3 Å². The van der Waals surface area contributed by atoms with Crippen LogP contribution in [0.3, 0.4) is 0 Å². The molecule has 1 N–H and O–H groups in total. The highest BCUT2D eigenvalue weighted by Gasteiger charge is 2.22. The van der Waals surface area contributed by atoms with Gasteiger partial charge in [0.15, 0.2) is 0 Å². The molecule has 0 amide bonds. The molecule has 0 radical (unpaired) electrons. The van der Waals surface area contributed by atoms with Crippen molar-refractivity contribution in [3.05, 3.63) is 35.2 Å². The van der Waals surface area contributed by atoms with Gasteiger partial charge in [-0.3, -0.25) is 4.90 Å². The van der Waals surface area contributed by atoms with E-state index >= 15 is 0 Å². The molecular formula is C16H22ClNO2S. The van der Waals surface area contributed by atoms with E-state index < -0.39 is 0 Å². The van der Waals surface area contributed by atoms with Crippen LogP contribution in [0.5, 0.6) is 0 Å². The maximum absolute atomic E-state index is 9.17. The lowest BCUT2D eigenvalue weighted by Gasteiger charge is -2.35. The molecule has 0 atom stereocenters. The van der Waals surface area contributed by atoms with Crippen LogP contribution in [0.25, 0.3) is 10.1 Å².